The largest absolute Gasteiger partial charge is 0.423 e. The van der Waals surface area contributed by atoms with Gasteiger partial charge in [0.25, 0.3) is 0 Å². The second-order valence-electron chi connectivity index (χ2n) is 6.82. The molecular formula is C22H22Cl2O2. The molecule has 0 N–H and O–H groups in total. The standard InChI is InChI=1S/C22H22Cl2O2/c1-2-3-15-4-6-16(7-5-15)17-8-11-19(12-9-17)26-22(25)20-13-10-18(23)14-21(20)24/h2,8-16H,1,3-7H2. The molecule has 0 amide bonds. The van der Waals surface area contributed by atoms with Crippen LogP contribution in [0, 0.1) is 5.92 Å². The zero-order valence-electron chi connectivity index (χ0n) is 14.6. The van der Waals surface area contributed by atoms with E-state index in [4.69, 9.17) is 27.9 Å². The summed E-state index contributed by atoms with van der Waals surface area (Å²) >= 11 is 11.9. The zero-order chi connectivity index (χ0) is 18.5. The number of hydrogen-bond acceptors (Lipinski definition) is 2. The summed E-state index contributed by atoms with van der Waals surface area (Å²) in [6.07, 6.45) is 8.07. The predicted molar refractivity (Wildman–Crippen MR) is 107 cm³/mol. The Morgan fingerprint density at radius 3 is 2.38 bits per heavy atom. The summed E-state index contributed by atoms with van der Waals surface area (Å²) in [5.74, 6) is 1.41. The van der Waals surface area contributed by atoms with Gasteiger partial charge in [-0.25, -0.2) is 4.79 Å². The SMILES string of the molecule is C=CCC1CCC(c2ccc(OC(=O)c3ccc(Cl)cc3Cl)cc2)CC1. The fourth-order valence-corrected chi connectivity index (χ4v) is 4.08. The molecule has 0 aromatic heterocycles. The van der Waals surface area contributed by atoms with Crippen LogP contribution in [0.4, 0.5) is 0 Å². The van der Waals surface area contributed by atoms with Gasteiger partial charge in [-0.05, 0) is 79.8 Å². The predicted octanol–water partition coefficient (Wildman–Crippen LogP) is 7.06. The first-order chi connectivity index (χ1) is 12.6. The van der Waals surface area contributed by atoms with Gasteiger partial charge in [0.15, 0.2) is 0 Å². The monoisotopic (exact) mass is 388 g/mol. The number of benzene rings is 2. The van der Waals surface area contributed by atoms with Crippen LogP contribution in [-0.2, 0) is 0 Å². The fraction of sp³-hybridized carbons (Fsp3) is 0.318. The van der Waals surface area contributed by atoms with Crippen LogP contribution >= 0.6 is 23.2 Å². The highest BCUT2D eigenvalue weighted by Gasteiger charge is 2.21. The molecule has 1 aliphatic carbocycles. The Morgan fingerprint density at radius 2 is 1.77 bits per heavy atom. The number of hydrogen-bond donors (Lipinski definition) is 0. The van der Waals surface area contributed by atoms with Gasteiger partial charge in [-0.2, -0.15) is 0 Å². The normalized spacial score (nSPS) is 19.8. The van der Waals surface area contributed by atoms with E-state index in [2.05, 4.69) is 18.7 Å². The maximum absolute atomic E-state index is 12.3. The molecule has 2 nitrogen and oxygen atoms in total. The topological polar surface area (TPSA) is 26.3 Å². The molecule has 2 aromatic carbocycles. The molecule has 2 aromatic rings. The van der Waals surface area contributed by atoms with E-state index in [1.165, 1.54) is 37.3 Å². The van der Waals surface area contributed by atoms with E-state index >= 15 is 0 Å². The number of halogens is 2. The van der Waals surface area contributed by atoms with E-state index in [9.17, 15) is 4.79 Å². The first kappa shape index (κ1) is 19.0. The third kappa shape index (κ3) is 4.69. The van der Waals surface area contributed by atoms with Crippen LogP contribution in [0.1, 0.15) is 53.9 Å². The number of esters is 1. The maximum atomic E-state index is 12.3. The minimum atomic E-state index is -0.482. The maximum Gasteiger partial charge on any atom is 0.345 e. The van der Waals surface area contributed by atoms with Crippen LogP contribution in [0.3, 0.4) is 0 Å². The lowest BCUT2D eigenvalue weighted by Gasteiger charge is -2.28. The zero-order valence-corrected chi connectivity index (χ0v) is 16.1. The number of ether oxygens (including phenoxy) is 1. The number of allylic oxidation sites excluding steroid dienone is 1. The van der Waals surface area contributed by atoms with Gasteiger partial charge in [0.05, 0.1) is 10.6 Å². The Balaban J connectivity index is 1.61. The lowest BCUT2D eigenvalue weighted by molar-refractivity contribution is 0.0735. The summed E-state index contributed by atoms with van der Waals surface area (Å²) in [7, 11) is 0. The Labute approximate surface area is 164 Å². The molecule has 1 fully saturated rings. The van der Waals surface area contributed by atoms with Crippen molar-refractivity contribution in [3.8, 4) is 5.75 Å². The van der Waals surface area contributed by atoms with Crippen molar-refractivity contribution in [1.82, 2.24) is 0 Å². The quantitative estimate of drug-likeness (QED) is 0.311. The third-order valence-electron chi connectivity index (χ3n) is 5.06. The van der Waals surface area contributed by atoms with Gasteiger partial charge in [0, 0.05) is 5.02 Å². The first-order valence-electron chi connectivity index (χ1n) is 8.95. The van der Waals surface area contributed by atoms with Crippen molar-refractivity contribution < 1.29 is 9.53 Å². The van der Waals surface area contributed by atoms with Crippen molar-refractivity contribution in [2.24, 2.45) is 5.92 Å². The second-order valence-corrected chi connectivity index (χ2v) is 7.67. The smallest absolute Gasteiger partial charge is 0.345 e. The van der Waals surface area contributed by atoms with Gasteiger partial charge in [0.1, 0.15) is 5.75 Å². The van der Waals surface area contributed by atoms with Gasteiger partial charge in [-0.3, -0.25) is 0 Å². The van der Waals surface area contributed by atoms with Crippen LogP contribution in [0.5, 0.6) is 5.75 Å². The molecule has 1 aliphatic rings. The fourth-order valence-electron chi connectivity index (χ4n) is 3.59. The van der Waals surface area contributed by atoms with Crippen molar-refractivity contribution in [3.63, 3.8) is 0 Å². The van der Waals surface area contributed by atoms with Gasteiger partial charge in [-0.15, -0.1) is 6.58 Å². The summed E-state index contributed by atoms with van der Waals surface area (Å²) in [4.78, 5) is 12.3. The molecular weight excluding hydrogens is 367 g/mol. The van der Waals surface area contributed by atoms with E-state index in [1.807, 2.05) is 18.2 Å². The summed E-state index contributed by atoms with van der Waals surface area (Å²) in [6, 6.07) is 12.6. The Kier molecular flexibility index (Phi) is 6.39. The summed E-state index contributed by atoms with van der Waals surface area (Å²) < 4.78 is 5.43. The third-order valence-corrected chi connectivity index (χ3v) is 5.61. The molecule has 0 bridgehead atoms. The minimum absolute atomic E-state index is 0.287. The molecule has 0 heterocycles. The average Bonchev–Trinajstić information content (AvgIpc) is 2.63. The molecule has 0 aliphatic heterocycles. The van der Waals surface area contributed by atoms with E-state index in [1.54, 1.807) is 12.1 Å². The lowest BCUT2D eigenvalue weighted by Crippen LogP contribution is -2.13. The number of carbonyl (C=O) groups excluding carboxylic acids is 1. The van der Waals surface area contributed by atoms with Crippen LogP contribution in [0.2, 0.25) is 10.0 Å². The first-order valence-corrected chi connectivity index (χ1v) is 9.70. The molecule has 4 heteroatoms. The summed E-state index contributed by atoms with van der Waals surface area (Å²) in [6.45, 7) is 3.84. The molecule has 0 radical (unpaired) electrons. The summed E-state index contributed by atoms with van der Waals surface area (Å²) in [5.41, 5.74) is 1.62. The summed E-state index contributed by atoms with van der Waals surface area (Å²) in [5, 5.41) is 0.772. The second kappa shape index (κ2) is 8.75. The molecule has 0 unspecified atom stereocenters. The van der Waals surface area contributed by atoms with Crippen molar-refractivity contribution >= 4 is 29.2 Å². The molecule has 26 heavy (non-hydrogen) atoms. The van der Waals surface area contributed by atoms with Crippen molar-refractivity contribution in [1.29, 1.82) is 0 Å². The van der Waals surface area contributed by atoms with Crippen LogP contribution in [0.15, 0.2) is 55.1 Å². The van der Waals surface area contributed by atoms with Crippen LogP contribution < -0.4 is 4.74 Å². The van der Waals surface area contributed by atoms with Crippen LogP contribution in [0.25, 0.3) is 0 Å². The Morgan fingerprint density at radius 1 is 1.08 bits per heavy atom. The molecule has 0 atom stereocenters. The molecule has 1 saturated carbocycles. The highest BCUT2D eigenvalue weighted by Crippen LogP contribution is 2.37. The van der Waals surface area contributed by atoms with E-state index in [-0.39, 0.29) is 5.02 Å². The highest BCUT2D eigenvalue weighted by molar-refractivity contribution is 6.36. The number of carbonyl (C=O) groups is 1. The van der Waals surface area contributed by atoms with Gasteiger partial charge < -0.3 is 4.74 Å². The van der Waals surface area contributed by atoms with Gasteiger partial charge in [0.2, 0.25) is 0 Å². The van der Waals surface area contributed by atoms with Crippen molar-refractivity contribution in [3.05, 3.63) is 76.3 Å². The lowest BCUT2D eigenvalue weighted by atomic mass is 9.77. The Bertz CT molecular complexity index is 775. The highest BCUT2D eigenvalue weighted by atomic mass is 35.5. The van der Waals surface area contributed by atoms with E-state index < -0.39 is 5.97 Å². The van der Waals surface area contributed by atoms with Crippen LogP contribution in [-0.4, -0.2) is 5.97 Å². The molecule has 136 valence electrons. The van der Waals surface area contributed by atoms with E-state index in [0.29, 0.717) is 22.3 Å². The van der Waals surface area contributed by atoms with Gasteiger partial charge >= 0.3 is 5.97 Å². The van der Waals surface area contributed by atoms with Gasteiger partial charge in [-0.1, -0.05) is 41.4 Å². The number of rotatable bonds is 5. The minimum Gasteiger partial charge on any atom is -0.423 e. The van der Waals surface area contributed by atoms with Crippen molar-refractivity contribution in [2.45, 2.75) is 38.0 Å². The average molecular weight is 389 g/mol. The van der Waals surface area contributed by atoms with Crippen molar-refractivity contribution in [2.75, 3.05) is 0 Å². The Hall–Kier alpha value is -1.77. The van der Waals surface area contributed by atoms with E-state index in [0.717, 1.165) is 12.3 Å². The molecule has 0 spiro atoms. The molecule has 3 rings (SSSR count). The molecule has 0 saturated heterocycles.